The van der Waals surface area contributed by atoms with Crippen LogP contribution in [0, 0.1) is 13.8 Å². The first-order valence-electron chi connectivity index (χ1n) is 9.26. The summed E-state index contributed by atoms with van der Waals surface area (Å²) in [6, 6.07) is 6.16. The molecule has 0 saturated heterocycles. The zero-order chi connectivity index (χ0) is 22.2. The fraction of sp³-hybridized carbons (Fsp3) is 0.286. The van der Waals surface area contributed by atoms with Gasteiger partial charge in [0.2, 0.25) is 5.43 Å². The van der Waals surface area contributed by atoms with Gasteiger partial charge in [-0.05, 0) is 51.5 Å². The first kappa shape index (κ1) is 22.1. The molecule has 0 aliphatic rings. The fourth-order valence-electron chi connectivity index (χ4n) is 3.24. The highest BCUT2D eigenvalue weighted by atomic mass is 35.5. The highest BCUT2D eigenvalue weighted by molar-refractivity contribution is 7.91. The molecule has 1 aromatic carbocycles. The number of fused-ring (bicyclic) bond motifs is 1. The monoisotopic (exact) mass is 448 g/mol. The number of pyridine rings is 1. The molecule has 3 rings (SSSR count). The van der Waals surface area contributed by atoms with Crippen molar-refractivity contribution < 1.29 is 18.9 Å². The molecule has 0 spiro atoms. The number of carboxylic acid groups (broad SMARTS) is 1. The van der Waals surface area contributed by atoms with Crippen LogP contribution in [0.2, 0.25) is 5.15 Å². The van der Waals surface area contributed by atoms with Gasteiger partial charge in [0.25, 0.3) is 0 Å². The number of hydrogen-bond acceptors (Lipinski definition) is 6. The van der Waals surface area contributed by atoms with Crippen LogP contribution in [0.25, 0.3) is 11.0 Å². The lowest BCUT2D eigenvalue weighted by Crippen LogP contribution is -2.17. The first-order chi connectivity index (χ1) is 14.1. The number of anilines is 1. The molecule has 2 heterocycles. The molecule has 158 valence electrons. The summed E-state index contributed by atoms with van der Waals surface area (Å²) in [5.41, 5.74) is 1.97. The number of nitrogens with one attached hydrogen (secondary N) is 1. The van der Waals surface area contributed by atoms with Crippen LogP contribution < -0.4 is 10.7 Å². The topological polar surface area (TPSA) is 115 Å². The number of rotatable bonds is 6. The molecular weight excluding hydrogens is 428 g/mol. The molecule has 0 bridgehead atoms. The molecule has 7 nitrogen and oxygen atoms in total. The van der Waals surface area contributed by atoms with Gasteiger partial charge in [-0.25, -0.2) is 9.78 Å². The van der Waals surface area contributed by atoms with Gasteiger partial charge in [0.05, 0.1) is 22.7 Å². The maximum atomic E-state index is 12.9. The highest BCUT2D eigenvalue weighted by Gasteiger charge is 2.24. The summed E-state index contributed by atoms with van der Waals surface area (Å²) in [6.45, 7) is 7.02. The number of aromatic carboxylic acids is 1. The van der Waals surface area contributed by atoms with Crippen molar-refractivity contribution in [3.05, 3.63) is 62.0 Å². The van der Waals surface area contributed by atoms with Crippen molar-refractivity contribution in [1.82, 2.24) is 4.98 Å². The van der Waals surface area contributed by atoms with Crippen molar-refractivity contribution in [2.45, 2.75) is 38.8 Å². The van der Waals surface area contributed by atoms with Crippen LogP contribution in [0.4, 0.5) is 5.69 Å². The van der Waals surface area contributed by atoms with Gasteiger partial charge in [-0.15, -0.1) is 0 Å². The maximum Gasteiger partial charge on any atom is 0.356 e. The summed E-state index contributed by atoms with van der Waals surface area (Å²) in [5, 5.41) is 13.2. The van der Waals surface area contributed by atoms with Gasteiger partial charge in [-0.3, -0.25) is 4.79 Å². The normalized spacial score (nSPS) is 13.3. The number of carbonyl (C=O) groups is 1. The second-order valence-electron chi connectivity index (χ2n) is 6.91. The molecule has 0 aliphatic carbocycles. The Morgan fingerprint density at radius 2 is 2.07 bits per heavy atom. The van der Waals surface area contributed by atoms with E-state index in [0.29, 0.717) is 27.8 Å². The third-order valence-corrected chi connectivity index (χ3v) is 6.26. The molecule has 2 unspecified atom stereocenters. The van der Waals surface area contributed by atoms with Gasteiger partial charge in [-0.1, -0.05) is 17.7 Å². The van der Waals surface area contributed by atoms with E-state index in [4.69, 9.17) is 16.0 Å². The largest absolute Gasteiger partial charge is 0.609 e. The van der Waals surface area contributed by atoms with E-state index in [1.165, 1.54) is 12.1 Å². The average molecular weight is 449 g/mol. The van der Waals surface area contributed by atoms with Crippen molar-refractivity contribution in [1.29, 1.82) is 0 Å². The summed E-state index contributed by atoms with van der Waals surface area (Å²) >= 11 is 4.39. The van der Waals surface area contributed by atoms with E-state index in [2.05, 4.69) is 10.3 Å². The SMILES string of the molecule is CC[S+]([O-])c1oc2c(C(C)Nc3ccc(Cl)nc3C(=O)O)cc(C)cc2c(=O)c1C. The average Bonchev–Trinajstić information content (AvgIpc) is 2.70. The van der Waals surface area contributed by atoms with Crippen LogP contribution >= 0.6 is 11.6 Å². The fourth-order valence-corrected chi connectivity index (χ4v) is 4.26. The Labute approximate surface area is 181 Å². The summed E-state index contributed by atoms with van der Waals surface area (Å²) in [6.07, 6.45) is 0. The lowest BCUT2D eigenvalue weighted by Gasteiger charge is -2.19. The van der Waals surface area contributed by atoms with Crippen LogP contribution in [0.5, 0.6) is 0 Å². The van der Waals surface area contributed by atoms with Crippen molar-refractivity contribution in [2.24, 2.45) is 0 Å². The van der Waals surface area contributed by atoms with Crippen LogP contribution in [0.3, 0.4) is 0 Å². The number of nitrogens with zero attached hydrogens (tertiary/aromatic N) is 1. The van der Waals surface area contributed by atoms with Crippen molar-refractivity contribution >= 4 is 45.4 Å². The van der Waals surface area contributed by atoms with Crippen molar-refractivity contribution in [3.63, 3.8) is 0 Å². The van der Waals surface area contributed by atoms with Crippen LogP contribution in [-0.4, -0.2) is 26.4 Å². The van der Waals surface area contributed by atoms with Crippen LogP contribution in [-0.2, 0) is 11.2 Å². The number of aryl methyl sites for hydroxylation is 1. The standard InChI is InChI=1S/C21H21ClN2O5S/c1-5-30(28)21-11(3)18(25)14-9-10(2)8-13(19(14)29-21)12(4)23-15-6-7-16(22)24-17(15)20(26)27/h6-9,12,23H,5H2,1-4H3,(H,26,27). The Hall–Kier alpha value is -2.55. The molecule has 0 saturated carbocycles. The Morgan fingerprint density at radius 1 is 1.37 bits per heavy atom. The summed E-state index contributed by atoms with van der Waals surface area (Å²) < 4.78 is 18.4. The molecule has 0 radical (unpaired) electrons. The first-order valence-corrected chi connectivity index (χ1v) is 11.0. The van der Waals surface area contributed by atoms with E-state index < -0.39 is 23.2 Å². The van der Waals surface area contributed by atoms with E-state index in [-0.39, 0.29) is 27.1 Å². The van der Waals surface area contributed by atoms with Crippen LogP contribution in [0.15, 0.2) is 38.6 Å². The number of halogens is 1. The van der Waals surface area contributed by atoms with Gasteiger partial charge >= 0.3 is 11.1 Å². The second-order valence-corrected chi connectivity index (χ2v) is 8.94. The number of aromatic nitrogens is 1. The van der Waals surface area contributed by atoms with E-state index in [9.17, 15) is 19.2 Å². The molecule has 0 amide bonds. The number of hydrogen-bond donors (Lipinski definition) is 2. The summed E-state index contributed by atoms with van der Waals surface area (Å²) in [4.78, 5) is 28.3. The van der Waals surface area contributed by atoms with Gasteiger partial charge in [-0.2, -0.15) is 0 Å². The third-order valence-electron chi connectivity index (χ3n) is 4.72. The predicted octanol–water partition coefficient (Wildman–Crippen LogP) is 4.46. The minimum absolute atomic E-state index is 0.0692. The minimum atomic E-state index is -1.43. The number of carboxylic acids is 1. The molecule has 0 aliphatic heterocycles. The van der Waals surface area contributed by atoms with E-state index >= 15 is 0 Å². The smallest absolute Gasteiger partial charge is 0.356 e. The molecular formula is C21H21ClN2O5S. The van der Waals surface area contributed by atoms with Gasteiger partial charge in [0, 0.05) is 16.7 Å². The molecule has 2 N–H and O–H groups in total. The van der Waals surface area contributed by atoms with Gasteiger partial charge in [0.15, 0.2) is 5.69 Å². The van der Waals surface area contributed by atoms with Gasteiger partial charge in [0.1, 0.15) is 16.5 Å². The van der Waals surface area contributed by atoms with E-state index in [1.807, 2.05) is 19.9 Å². The minimum Gasteiger partial charge on any atom is -0.609 e. The number of benzene rings is 1. The quantitative estimate of drug-likeness (QED) is 0.422. The highest BCUT2D eigenvalue weighted by Crippen LogP contribution is 2.31. The van der Waals surface area contributed by atoms with Crippen LogP contribution in [0.1, 0.15) is 47.1 Å². The van der Waals surface area contributed by atoms with Crippen molar-refractivity contribution in [2.75, 3.05) is 11.1 Å². The molecule has 2 atom stereocenters. The molecule has 3 aromatic rings. The molecule has 2 aromatic heterocycles. The van der Waals surface area contributed by atoms with E-state index in [0.717, 1.165) is 5.56 Å². The summed E-state index contributed by atoms with van der Waals surface area (Å²) in [7, 11) is 0. The summed E-state index contributed by atoms with van der Waals surface area (Å²) in [5.74, 6) is -0.896. The van der Waals surface area contributed by atoms with Crippen molar-refractivity contribution in [3.8, 4) is 0 Å². The molecule has 9 heteroatoms. The second kappa shape index (κ2) is 8.67. The zero-order valence-electron chi connectivity index (χ0n) is 16.9. The maximum absolute atomic E-state index is 12.9. The van der Waals surface area contributed by atoms with E-state index in [1.54, 1.807) is 19.9 Å². The molecule has 0 fully saturated rings. The zero-order valence-corrected chi connectivity index (χ0v) is 18.5. The Balaban J connectivity index is 2.17. The Bertz CT molecular complexity index is 1190. The Kier molecular flexibility index (Phi) is 6.40. The lowest BCUT2D eigenvalue weighted by atomic mass is 10.0. The van der Waals surface area contributed by atoms with Gasteiger partial charge < -0.3 is 19.4 Å². The lowest BCUT2D eigenvalue weighted by molar-refractivity contribution is 0.0691. The Morgan fingerprint density at radius 3 is 2.70 bits per heavy atom. The predicted molar refractivity (Wildman–Crippen MR) is 117 cm³/mol. The third kappa shape index (κ3) is 4.16. The molecule has 30 heavy (non-hydrogen) atoms.